The fourth-order valence-corrected chi connectivity index (χ4v) is 3.82. The molecule has 1 heterocycles. The van der Waals surface area contributed by atoms with Gasteiger partial charge in [0.2, 0.25) is 0 Å². The third-order valence-corrected chi connectivity index (χ3v) is 5.58. The van der Waals surface area contributed by atoms with Gasteiger partial charge in [0.15, 0.2) is 11.6 Å². The van der Waals surface area contributed by atoms with Crippen molar-refractivity contribution in [2.45, 2.75) is 37.7 Å². The van der Waals surface area contributed by atoms with Crippen LogP contribution in [0.15, 0.2) is 30.3 Å². The van der Waals surface area contributed by atoms with Crippen LogP contribution in [0.25, 0.3) is 0 Å². The molecule has 2 aromatic rings. The zero-order chi connectivity index (χ0) is 19.7. The Balaban J connectivity index is 1.41. The molecule has 1 atom stereocenters. The van der Waals surface area contributed by atoms with Gasteiger partial charge in [-0.15, -0.1) is 0 Å². The summed E-state index contributed by atoms with van der Waals surface area (Å²) in [7, 11) is 1.49. The van der Waals surface area contributed by atoms with Crippen molar-refractivity contribution in [2.24, 2.45) is 5.92 Å². The average Bonchev–Trinajstić information content (AvgIpc) is 3.55. The van der Waals surface area contributed by atoms with Crippen molar-refractivity contribution in [3.8, 4) is 17.6 Å². The van der Waals surface area contributed by atoms with E-state index in [-0.39, 0.29) is 17.9 Å². The smallest absolute Gasteiger partial charge is 0.165 e. The first-order valence-electron chi connectivity index (χ1n) is 9.51. The van der Waals surface area contributed by atoms with Crippen LogP contribution >= 0.6 is 0 Å². The summed E-state index contributed by atoms with van der Waals surface area (Å²) in [5, 5.41) is 0. The summed E-state index contributed by atoms with van der Waals surface area (Å²) in [6.45, 7) is 0.453. The molecule has 2 nitrogen and oxygen atoms in total. The Hall–Kier alpha value is -2.45. The van der Waals surface area contributed by atoms with Crippen LogP contribution in [0.1, 0.15) is 54.4 Å². The topological polar surface area (TPSA) is 21.8 Å². The molecule has 5 heteroatoms. The molecule has 2 aromatic carbocycles. The molecule has 1 unspecified atom stereocenters. The Morgan fingerprint density at radius 1 is 0.964 bits per heavy atom. The molecule has 0 bridgehead atoms. The van der Waals surface area contributed by atoms with Crippen LogP contribution in [0, 0.1) is 35.2 Å². The molecule has 28 heavy (non-hydrogen) atoms. The number of hydrogen-bond donors (Lipinski definition) is 0. The Labute approximate surface area is 162 Å². The van der Waals surface area contributed by atoms with Crippen LogP contribution in [0.4, 0.5) is 13.2 Å². The van der Waals surface area contributed by atoms with Crippen molar-refractivity contribution in [1.29, 1.82) is 0 Å². The molecule has 4 rings (SSSR count). The lowest BCUT2D eigenvalue weighted by atomic mass is 9.78. The van der Waals surface area contributed by atoms with Gasteiger partial charge in [-0.05, 0) is 49.3 Å². The molecule has 2 fully saturated rings. The van der Waals surface area contributed by atoms with Gasteiger partial charge in [-0.25, -0.2) is 13.2 Å². The van der Waals surface area contributed by atoms with Crippen LogP contribution in [0.5, 0.6) is 5.75 Å². The van der Waals surface area contributed by atoms with Crippen LogP contribution in [0.2, 0.25) is 0 Å². The number of methoxy groups -OCH3 is 1. The molecular weight excluding hydrogens is 365 g/mol. The van der Waals surface area contributed by atoms with Crippen molar-refractivity contribution in [3.05, 3.63) is 64.5 Å². The van der Waals surface area contributed by atoms with Crippen molar-refractivity contribution in [3.63, 3.8) is 0 Å². The maximum Gasteiger partial charge on any atom is 0.165 e. The van der Waals surface area contributed by atoms with Gasteiger partial charge in [0, 0.05) is 17.5 Å². The van der Waals surface area contributed by atoms with E-state index >= 15 is 0 Å². The van der Waals surface area contributed by atoms with Gasteiger partial charge >= 0.3 is 0 Å². The fourth-order valence-electron chi connectivity index (χ4n) is 3.82. The third kappa shape index (κ3) is 3.88. The maximum absolute atomic E-state index is 14.5. The van der Waals surface area contributed by atoms with Gasteiger partial charge in [-0.3, -0.25) is 0 Å². The number of rotatable bonds is 3. The van der Waals surface area contributed by atoms with Crippen molar-refractivity contribution >= 4 is 0 Å². The Morgan fingerprint density at radius 2 is 1.64 bits per heavy atom. The molecule has 1 aliphatic heterocycles. The zero-order valence-electron chi connectivity index (χ0n) is 15.6. The second kappa shape index (κ2) is 7.89. The second-order valence-electron chi connectivity index (χ2n) is 7.36. The van der Waals surface area contributed by atoms with Gasteiger partial charge in [0.1, 0.15) is 17.7 Å². The van der Waals surface area contributed by atoms with Gasteiger partial charge in [-0.2, -0.15) is 0 Å². The highest BCUT2D eigenvalue weighted by atomic mass is 19.2. The van der Waals surface area contributed by atoms with Crippen LogP contribution in [0.3, 0.4) is 0 Å². The highest BCUT2D eigenvalue weighted by Gasteiger charge is 2.32. The van der Waals surface area contributed by atoms with Gasteiger partial charge in [0.05, 0.1) is 19.3 Å². The van der Waals surface area contributed by atoms with E-state index in [1.807, 2.05) is 0 Å². The lowest BCUT2D eigenvalue weighted by molar-refractivity contribution is 0.367. The van der Waals surface area contributed by atoms with E-state index in [9.17, 15) is 13.2 Å². The van der Waals surface area contributed by atoms with E-state index in [0.717, 1.165) is 25.7 Å². The minimum absolute atomic E-state index is 0.0144. The molecule has 0 aromatic heterocycles. The summed E-state index contributed by atoms with van der Waals surface area (Å²) < 4.78 is 52.8. The Kier molecular flexibility index (Phi) is 5.32. The summed E-state index contributed by atoms with van der Waals surface area (Å²) in [6.07, 6.45) is 2.74. The van der Waals surface area contributed by atoms with Crippen molar-refractivity contribution < 1.29 is 22.6 Å². The molecule has 1 aliphatic carbocycles. The second-order valence-corrected chi connectivity index (χ2v) is 7.36. The molecule has 0 amide bonds. The quantitative estimate of drug-likeness (QED) is 0.513. The first-order chi connectivity index (χ1) is 13.6. The average molecular weight is 386 g/mol. The minimum atomic E-state index is -0.781. The van der Waals surface area contributed by atoms with Gasteiger partial charge in [-0.1, -0.05) is 24.0 Å². The Bertz CT molecular complexity index is 933. The molecule has 0 radical (unpaired) electrons. The molecule has 1 saturated carbocycles. The molecular formula is C23H21F3O2. The summed E-state index contributed by atoms with van der Waals surface area (Å²) in [6, 6.07) is 7.94. The van der Waals surface area contributed by atoms with Crippen LogP contribution < -0.4 is 4.74 Å². The summed E-state index contributed by atoms with van der Waals surface area (Å²) >= 11 is 0. The number of halogens is 3. The van der Waals surface area contributed by atoms with E-state index in [4.69, 9.17) is 9.47 Å². The maximum atomic E-state index is 14.5. The van der Waals surface area contributed by atoms with Crippen LogP contribution in [-0.2, 0) is 4.74 Å². The molecule has 2 aliphatic rings. The molecule has 0 N–H and O–H groups in total. The van der Waals surface area contributed by atoms with Gasteiger partial charge < -0.3 is 9.47 Å². The SMILES string of the molecule is COc1ccc(C#CC2CCC(c3ccc(C4CO4)c(F)c3F)CC2)c(F)c1. The fraction of sp³-hybridized carbons (Fsp3) is 0.391. The number of benzene rings is 2. The van der Waals surface area contributed by atoms with E-state index < -0.39 is 17.5 Å². The number of ether oxygens (including phenoxy) is 2. The highest BCUT2D eigenvalue weighted by Crippen LogP contribution is 2.40. The monoisotopic (exact) mass is 386 g/mol. The largest absolute Gasteiger partial charge is 0.497 e. The van der Waals surface area contributed by atoms with E-state index in [1.54, 1.807) is 24.3 Å². The molecule has 1 saturated heterocycles. The van der Waals surface area contributed by atoms with E-state index in [2.05, 4.69) is 11.8 Å². The highest BCUT2D eigenvalue weighted by molar-refractivity contribution is 5.40. The molecule has 0 spiro atoms. The molecule has 146 valence electrons. The lowest BCUT2D eigenvalue weighted by Crippen LogP contribution is -2.14. The van der Waals surface area contributed by atoms with E-state index in [1.165, 1.54) is 13.2 Å². The van der Waals surface area contributed by atoms with Crippen LogP contribution in [-0.4, -0.2) is 13.7 Å². The summed E-state index contributed by atoms with van der Waals surface area (Å²) in [5.74, 6) is 4.68. The van der Waals surface area contributed by atoms with Gasteiger partial charge in [0.25, 0.3) is 0 Å². The first kappa shape index (κ1) is 18.9. The van der Waals surface area contributed by atoms with Crippen molar-refractivity contribution in [1.82, 2.24) is 0 Å². The zero-order valence-corrected chi connectivity index (χ0v) is 15.6. The third-order valence-electron chi connectivity index (χ3n) is 5.58. The summed E-state index contributed by atoms with van der Waals surface area (Å²) in [5.41, 5.74) is 1.09. The number of epoxide rings is 1. The van der Waals surface area contributed by atoms with E-state index in [0.29, 0.717) is 29.0 Å². The predicted octanol–water partition coefficient (Wildman–Crippen LogP) is 5.51. The number of hydrogen-bond acceptors (Lipinski definition) is 2. The Morgan fingerprint density at radius 3 is 2.29 bits per heavy atom. The summed E-state index contributed by atoms with van der Waals surface area (Å²) in [4.78, 5) is 0. The normalized spacial score (nSPS) is 23.6. The minimum Gasteiger partial charge on any atom is -0.497 e. The first-order valence-corrected chi connectivity index (χ1v) is 9.51. The standard InChI is InChI=1S/C23H21F3O2/c1-27-17-9-8-16(20(24)12-17)7-4-14-2-5-15(6-3-14)18-10-11-19(21-13-28-21)23(26)22(18)25/h8-12,14-15,21H,2-3,5-6,13H2,1H3. The predicted molar refractivity (Wildman–Crippen MR) is 99.6 cm³/mol. The van der Waals surface area contributed by atoms with Crippen molar-refractivity contribution in [2.75, 3.05) is 13.7 Å². The lowest BCUT2D eigenvalue weighted by Gasteiger charge is -2.26.